The van der Waals surface area contributed by atoms with E-state index in [2.05, 4.69) is 5.32 Å². The number of hydrogen-bond acceptors (Lipinski definition) is 4. The first-order valence-electron chi connectivity index (χ1n) is 10.7. The number of para-hydroxylation sites is 1. The van der Waals surface area contributed by atoms with Crippen LogP contribution in [0.4, 0.5) is 5.69 Å². The maximum Gasteiger partial charge on any atom is 0.332 e. The van der Waals surface area contributed by atoms with Crippen LogP contribution in [0.3, 0.4) is 0 Å². The summed E-state index contributed by atoms with van der Waals surface area (Å²) in [6, 6.07) is 21.4. The number of aromatic nitrogens is 2. The number of nitrogens with one attached hydrogen (secondary N) is 1. The van der Waals surface area contributed by atoms with Gasteiger partial charge in [-0.05, 0) is 42.3 Å². The van der Waals surface area contributed by atoms with Gasteiger partial charge in [-0.15, -0.1) is 0 Å². The molecule has 0 aliphatic heterocycles. The molecular formula is C26H20ClN3O4. The van der Waals surface area contributed by atoms with E-state index >= 15 is 0 Å². The molecule has 5 rings (SSSR count). The number of hydrogen-bond donors (Lipinski definition) is 1. The van der Waals surface area contributed by atoms with Crippen LogP contribution >= 0.6 is 11.6 Å². The van der Waals surface area contributed by atoms with Crippen LogP contribution in [0.2, 0.25) is 5.02 Å². The highest BCUT2D eigenvalue weighted by Gasteiger charge is 2.21. The molecule has 5 aromatic rings. The van der Waals surface area contributed by atoms with Crippen molar-refractivity contribution in [2.45, 2.75) is 20.0 Å². The minimum Gasteiger partial charge on any atom is -0.449 e. The molecule has 0 fully saturated rings. The van der Waals surface area contributed by atoms with Crippen molar-refractivity contribution in [3.63, 3.8) is 0 Å². The zero-order chi connectivity index (χ0) is 23.8. The van der Waals surface area contributed by atoms with E-state index in [-0.39, 0.29) is 18.7 Å². The van der Waals surface area contributed by atoms with Crippen molar-refractivity contribution in [1.82, 2.24) is 9.13 Å². The number of carbonyl (C=O) groups is 1. The molecule has 0 bridgehead atoms. The summed E-state index contributed by atoms with van der Waals surface area (Å²) in [7, 11) is 0. The molecule has 0 spiro atoms. The summed E-state index contributed by atoms with van der Waals surface area (Å²) >= 11 is 6.07. The quantitative estimate of drug-likeness (QED) is 0.405. The number of amides is 1. The Bertz CT molecular complexity index is 1670. The molecule has 0 saturated heterocycles. The van der Waals surface area contributed by atoms with E-state index in [1.54, 1.807) is 42.5 Å². The molecule has 34 heavy (non-hydrogen) atoms. The zero-order valence-corrected chi connectivity index (χ0v) is 19.0. The number of halogens is 1. The number of fused-ring (bicyclic) bond motifs is 3. The third-order valence-electron chi connectivity index (χ3n) is 5.70. The third-order valence-corrected chi connectivity index (χ3v) is 5.93. The predicted octanol–water partition coefficient (Wildman–Crippen LogP) is 4.56. The molecule has 0 saturated carbocycles. The summed E-state index contributed by atoms with van der Waals surface area (Å²) in [4.78, 5) is 39.8. The first kappa shape index (κ1) is 21.7. The zero-order valence-electron chi connectivity index (χ0n) is 18.2. The van der Waals surface area contributed by atoms with Crippen molar-refractivity contribution in [3.05, 3.63) is 110 Å². The van der Waals surface area contributed by atoms with Gasteiger partial charge in [0.2, 0.25) is 11.5 Å². The van der Waals surface area contributed by atoms with Crippen LogP contribution < -0.4 is 16.6 Å². The van der Waals surface area contributed by atoms with Crippen molar-refractivity contribution in [2.24, 2.45) is 0 Å². The van der Waals surface area contributed by atoms with E-state index in [1.165, 1.54) is 4.57 Å². The van der Waals surface area contributed by atoms with E-state index < -0.39 is 17.2 Å². The number of rotatable bonds is 5. The summed E-state index contributed by atoms with van der Waals surface area (Å²) < 4.78 is 8.24. The van der Waals surface area contributed by atoms with Gasteiger partial charge in [-0.1, -0.05) is 60.1 Å². The second kappa shape index (κ2) is 8.68. The Morgan fingerprint density at radius 2 is 1.71 bits per heavy atom. The Morgan fingerprint density at radius 3 is 2.50 bits per heavy atom. The lowest BCUT2D eigenvalue weighted by Gasteiger charge is -2.13. The summed E-state index contributed by atoms with van der Waals surface area (Å²) in [5, 5.41) is 3.89. The maximum absolute atomic E-state index is 13.5. The van der Waals surface area contributed by atoms with Crippen molar-refractivity contribution >= 4 is 45.3 Å². The molecule has 0 atom stereocenters. The van der Waals surface area contributed by atoms with E-state index in [0.29, 0.717) is 27.2 Å². The van der Waals surface area contributed by atoms with Crippen LogP contribution in [0.15, 0.2) is 86.8 Å². The largest absolute Gasteiger partial charge is 0.449 e. The second-order valence-corrected chi connectivity index (χ2v) is 8.47. The van der Waals surface area contributed by atoms with Crippen LogP contribution in [0.1, 0.15) is 11.1 Å². The monoisotopic (exact) mass is 473 g/mol. The molecule has 0 aliphatic carbocycles. The topological polar surface area (TPSA) is 86.2 Å². The van der Waals surface area contributed by atoms with Gasteiger partial charge in [0.05, 0.1) is 6.54 Å². The Morgan fingerprint density at radius 1 is 0.971 bits per heavy atom. The van der Waals surface area contributed by atoms with E-state index in [1.807, 2.05) is 37.3 Å². The van der Waals surface area contributed by atoms with Crippen LogP contribution in [0.5, 0.6) is 0 Å². The number of benzene rings is 3. The molecule has 3 aromatic carbocycles. The minimum atomic E-state index is -0.592. The van der Waals surface area contributed by atoms with Crippen molar-refractivity contribution in [2.75, 3.05) is 5.32 Å². The fourth-order valence-electron chi connectivity index (χ4n) is 4.01. The number of nitrogens with zero attached hydrogens (tertiary/aromatic N) is 2. The lowest BCUT2D eigenvalue weighted by Crippen LogP contribution is -2.41. The maximum atomic E-state index is 13.5. The summed E-state index contributed by atoms with van der Waals surface area (Å²) in [5.41, 5.74) is 1.83. The van der Waals surface area contributed by atoms with Gasteiger partial charge in [0, 0.05) is 16.1 Å². The highest BCUT2D eigenvalue weighted by atomic mass is 35.5. The lowest BCUT2D eigenvalue weighted by molar-refractivity contribution is -0.116. The highest BCUT2D eigenvalue weighted by Crippen LogP contribution is 2.26. The Kier molecular flexibility index (Phi) is 5.55. The first-order valence-corrected chi connectivity index (χ1v) is 11.0. The number of carbonyl (C=O) groups excluding carboxylic acids is 1. The standard InChI is InChI=1S/C26H20ClN3O4/c1-16-11-12-18(27)13-20(16)28-22(31)15-29-23-19-9-5-6-10-21(19)34-24(23)25(32)30(26(29)33)14-17-7-3-2-4-8-17/h2-13H,14-15H2,1H3,(H,28,31). The van der Waals surface area contributed by atoms with Crippen molar-refractivity contribution in [1.29, 1.82) is 0 Å². The molecular weight excluding hydrogens is 454 g/mol. The van der Waals surface area contributed by atoms with Crippen molar-refractivity contribution in [3.8, 4) is 0 Å². The second-order valence-electron chi connectivity index (χ2n) is 8.03. The fourth-order valence-corrected chi connectivity index (χ4v) is 4.18. The fraction of sp³-hybridized carbons (Fsp3) is 0.115. The average molecular weight is 474 g/mol. The minimum absolute atomic E-state index is 0.0310. The number of aryl methyl sites for hydroxylation is 1. The van der Waals surface area contributed by atoms with Crippen LogP contribution in [0.25, 0.3) is 22.1 Å². The van der Waals surface area contributed by atoms with Crippen molar-refractivity contribution < 1.29 is 9.21 Å². The van der Waals surface area contributed by atoms with E-state index in [9.17, 15) is 14.4 Å². The van der Waals surface area contributed by atoms with Crippen LogP contribution in [0, 0.1) is 6.92 Å². The molecule has 2 aromatic heterocycles. The van der Waals surface area contributed by atoms with Gasteiger partial charge >= 0.3 is 5.69 Å². The number of furan rings is 1. The average Bonchev–Trinajstić information content (AvgIpc) is 3.22. The molecule has 2 heterocycles. The molecule has 0 unspecified atom stereocenters. The number of anilines is 1. The highest BCUT2D eigenvalue weighted by molar-refractivity contribution is 6.31. The Balaban J connectivity index is 1.66. The van der Waals surface area contributed by atoms with Gasteiger partial charge in [-0.25, -0.2) is 4.79 Å². The summed E-state index contributed by atoms with van der Waals surface area (Å²) in [5.74, 6) is -0.427. The van der Waals surface area contributed by atoms with Gasteiger partial charge in [-0.3, -0.25) is 18.7 Å². The van der Waals surface area contributed by atoms with Gasteiger partial charge in [0.25, 0.3) is 5.56 Å². The Hall–Kier alpha value is -4.10. The van der Waals surface area contributed by atoms with Crippen LogP contribution in [-0.4, -0.2) is 15.0 Å². The molecule has 0 radical (unpaired) electrons. The smallest absolute Gasteiger partial charge is 0.332 e. The van der Waals surface area contributed by atoms with Gasteiger partial charge in [0.15, 0.2) is 0 Å². The van der Waals surface area contributed by atoms with Crippen LogP contribution in [-0.2, 0) is 17.9 Å². The van der Waals surface area contributed by atoms with Gasteiger partial charge in [-0.2, -0.15) is 0 Å². The van der Waals surface area contributed by atoms with Gasteiger partial charge in [0.1, 0.15) is 17.6 Å². The van der Waals surface area contributed by atoms with E-state index in [0.717, 1.165) is 15.7 Å². The molecule has 170 valence electrons. The summed E-state index contributed by atoms with van der Waals surface area (Å²) in [6.07, 6.45) is 0. The molecule has 0 aliphatic rings. The molecule has 7 nitrogen and oxygen atoms in total. The summed E-state index contributed by atoms with van der Waals surface area (Å²) in [6.45, 7) is 1.60. The predicted molar refractivity (Wildman–Crippen MR) is 133 cm³/mol. The molecule has 1 amide bonds. The van der Waals surface area contributed by atoms with Gasteiger partial charge < -0.3 is 9.73 Å². The lowest BCUT2D eigenvalue weighted by atomic mass is 10.2. The SMILES string of the molecule is Cc1ccc(Cl)cc1NC(=O)Cn1c(=O)n(Cc2ccccc2)c(=O)c2oc3ccccc3c21. The first-order chi connectivity index (χ1) is 16.4. The normalized spacial score (nSPS) is 11.2. The Labute approximate surface area is 198 Å². The molecule has 8 heteroatoms. The third kappa shape index (κ3) is 3.91. The molecule has 1 N–H and O–H groups in total. The van der Waals surface area contributed by atoms with E-state index in [4.69, 9.17) is 16.0 Å².